The lowest BCUT2D eigenvalue weighted by atomic mass is 9.91. The molecule has 0 N–H and O–H groups in total. The topological polar surface area (TPSA) is 56.5 Å². The lowest BCUT2D eigenvalue weighted by molar-refractivity contribution is 0.0848. The van der Waals surface area contributed by atoms with E-state index in [4.69, 9.17) is 20.8 Å². The van der Waals surface area contributed by atoms with Crippen LogP contribution < -0.4 is 10.4 Å². The van der Waals surface area contributed by atoms with Gasteiger partial charge in [0.05, 0.1) is 22.4 Å². The van der Waals surface area contributed by atoms with Gasteiger partial charge in [0.2, 0.25) is 0 Å². The predicted molar refractivity (Wildman–Crippen MR) is 95.7 cm³/mol. The van der Waals surface area contributed by atoms with E-state index < -0.39 is 17.5 Å². The molecule has 0 fully saturated rings. The predicted octanol–water partition coefficient (Wildman–Crippen LogP) is 4.91. The Kier molecular flexibility index (Phi) is 3.84. The molecule has 0 aliphatic carbocycles. The molecule has 0 bridgehead atoms. The zero-order chi connectivity index (χ0) is 18.6. The van der Waals surface area contributed by atoms with Crippen molar-refractivity contribution in [1.29, 1.82) is 0 Å². The SMILES string of the molecule is Cc1cc2oc(=O)cc(C)c2c2c1C(=O)CC(c1c(F)cccc1Cl)O2. The van der Waals surface area contributed by atoms with Gasteiger partial charge in [0.15, 0.2) is 5.78 Å². The van der Waals surface area contributed by atoms with Gasteiger partial charge in [0.1, 0.15) is 23.3 Å². The van der Waals surface area contributed by atoms with Gasteiger partial charge in [0, 0.05) is 11.6 Å². The highest BCUT2D eigenvalue weighted by Gasteiger charge is 2.34. The van der Waals surface area contributed by atoms with Gasteiger partial charge in [-0.3, -0.25) is 4.79 Å². The molecule has 1 aliphatic rings. The van der Waals surface area contributed by atoms with Crippen LogP contribution in [-0.4, -0.2) is 5.78 Å². The summed E-state index contributed by atoms with van der Waals surface area (Å²) in [5, 5.41) is 0.738. The molecule has 132 valence electrons. The van der Waals surface area contributed by atoms with Crippen molar-refractivity contribution in [2.24, 2.45) is 0 Å². The minimum Gasteiger partial charge on any atom is -0.484 e. The fourth-order valence-corrected chi connectivity index (χ4v) is 3.78. The number of hydrogen-bond donors (Lipinski definition) is 0. The van der Waals surface area contributed by atoms with Crippen LogP contribution in [0, 0.1) is 19.7 Å². The van der Waals surface area contributed by atoms with E-state index in [2.05, 4.69) is 0 Å². The first-order valence-electron chi connectivity index (χ1n) is 8.08. The van der Waals surface area contributed by atoms with Crippen LogP contribution in [0.2, 0.25) is 5.02 Å². The summed E-state index contributed by atoms with van der Waals surface area (Å²) in [6.07, 6.45) is -0.865. The van der Waals surface area contributed by atoms with E-state index in [-0.39, 0.29) is 22.8 Å². The Morgan fingerprint density at radius 3 is 2.65 bits per heavy atom. The molecular weight excluding hydrogens is 359 g/mol. The smallest absolute Gasteiger partial charge is 0.336 e. The second-order valence-corrected chi connectivity index (χ2v) is 6.80. The Hall–Kier alpha value is -2.66. The second kappa shape index (κ2) is 5.95. The van der Waals surface area contributed by atoms with Gasteiger partial charge in [-0.05, 0) is 43.2 Å². The van der Waals surface area contributed by atoms with Crippen LogP contribution in [0.1, 0.15) is 39.6 Å². The van der Waals surface area contributed by atoms with Gasteiger partial charge >= 0.3 is 5.63 Å². The second-order valence-electron chi connectivity index (χ2n) is 6.39. The van der Waals surface area contributed by atoms with Crippen LogP contribution >= 0.6 is 11.6 Å². The molecule has 4 nitrogen and oxygen atoms in total. The number of carbonyl (C=O) groups excluding carboxylic acids is 1. The zero-order valence-electron chi connectivity index (χ0n) is 14.1. The van der Waals surface area contributed by atoms with Crippen molar-refractivity contribution in [3.05, 3.63) is 73.8 Å². The molecule has 1 aliphatic heterocycles. The zero-order valence-corrected chi connectivity index (χ0v) is 14.8. The van der Waals surface area contributed by atoms with Gasteiger partial charge in [-0.1, -0.05) is 17.7 Å². The Morgan fingerprint density at radius 1 is 1.15 bits per heavy atom. The van der Waals surface area contributed by atoms with E-state index in [1.807, 2.05) is 0 Å². The van der Waals surface area contributed by atoms with Crippen molar-refractivity contribution in [2.75, 3.05) is 0 Å². The number of carbonyl (C=O) groups is 1. The first-order chi connectivity index (χ1) is 12.4. The third-order valence-electron chi connectivity index (χ3n) is 4.61. The maximum atomic E-state index is 14.3. The summed E-state index contributed by atoms with van der Waals surface area (Å²) in [6, 6.07) is 7.33. The summed E-state index contributed by atoms with van der Waals surface area (Å²) in [4.78, 5) is 24.5. The first kappa shape index (κ1) is 16.8. The van der Waals surface area contributed by atoms with Gasteiger partial charge in [-0.25, -0.2) is 9.18 Å². The number of ketones is 1. The molecule has 0 saturated carbocycles. The highest BCUT2D eigenvalue weighted by Crippen LogP contribution is 2.44. The summed E-state index contributed by atoms with van der Waals surface area (Å²) < 4.78 is 25.7. The third-order valence-corrected chi connectivity index (χ3v) is 4.94. The molecule has 1 atom stereocenters. The molecule has 6 heteroatoms. The van der Waals surface area contributed by atoms with Gasteiger partial charge in [0.25, 0.3) is 0 Å². The van der Waals surface area contributed by atoms with Crippen LogP contribution in [0.3, 0.4) is 0 Å². The third kappa shape index (κ3) is 2.51. The Morgan fingerprint density at radius 2 is 1.92 bits per heavy atom. The average molecular weight is 373 g/mol. The number of Topliss-reactive ketones (excluding diaryl/α,β-unsaturated/α-hetero) is 1. The fourth-order valence-electron chi connectivity index (χ4n) is 3.50. The first-order valence-corrected chi connectivity index (χ1v) is 8.46. The van der Waals surface area contributed by atoms with Crippen molar-refractivity contribution in [3.63, 3.8) is 0 Å². The molecule has 4 rings (SSSR count). The van der Waals surface area contributed by atoms with Gasteiger partial charge in [-0.15, -0.1) is 0 Å². The molecule has 3 aromatic rings. The van der Waals surface area contributed by atoms with E-state index in [0.717, 1.165) is 0 Å². The maximum Gasteiger partial charge on any atom is 0.336 e. The van der Waals surface area contributed by atoms with E-state index >= 15 is 0 Å². The Bertz CT molecular complexity index is 1110. The van der Waals surface area contributed by atoms with Crippen LogP contribution in [0.4, 0.5) is 4.39 Å². The summed E-state index contributed by atoms with van der Waals surface area (Å²) in [5.41, 5.74) is 1.70. The van der Waals surface area contributed by atoms with Crippen molar-refractivity contribution < 1.29 is 18.3 Å². The average Bonchev–Trinajstić information content (AvgIpc) is 2.53. The number of halogens is 2. The number of benzene rings is 2. The number of fused-ring (bicyclic) bond motifs is 3. The standard InChI is InChI=1S/C20H14ClFO4/c1-9-6-14-18(10(2)7-16(24)25-14)20-17(9)13(23)8-15(26-20)19-11(21)4-3-5-12(19)22/h3-7,15H,8H2,1-2H3. The lowest BCUT2D eigenvalue weighted by Crippen LogP contribution is -2.23. The molecule has 26 heavy (non-hydrogen) atoms. The van der Waals surface area contributed by atoms with Gasteiger partial charge in [-0.2, -0.15) is 0 Å². The van der Waals surface area contributed by atoms with Gasteiger partial charge < -0.3 is 9.15 Å². The van der Waals surface area contributed by atoms with E-state index in [1.165, 1.54) is 18.2 Å². The molecule has 2 aromatic carbocycles. The number of rotatable bonds is 1. The van der Waals surface area contributed by atoms with E-state index in [9.17, 15) is 14.0 Å². The number of ether oxygens (including phenoxy) is 1. The minimum absolute atomic E-state index is 0.0180. The molecule has 0 amide bonds. The molecule has 0 radical (unpaired) electrons. The van der Waals surface area contributed by atoms with Crippen LogP contribution in [-0.2, 0) is 0 Å². The molecule has 1 aromatic heterocycles. The summed E-state index contributed by atoms with van der Waals surface area (Å²) >= 11 is 6.15. The lowest BCUT2D eigenvalue weighted by Gasteiger charge is -2.28. The number of aryl methyl sites for hydroxylation is 2. The molecule has 0 saturated heterocycles. The number of hydrogen-bond acceptors (Lipinski definition) is 4. The van der Waals surface area contributed by atoms with E-state index in [1.54, 1.807) is 26.0 Å². The van der Waals surface area contributed by atoms with Crippen molar-refractivity contribution >= 4 is 28.4 Å². The molecule has 2 heterocycles. The summed E-state index contributed by atoms with van der Waals surface area (Å²) in [5.74, 6) is -0.388. The highest BCUT2D eigenvalue weighted by molar-refractivity contribution is 6.31. The summed E-state index contributed by atoms with van der Waals surface area (Å²) in [7, 11) is 0. The summed E-state index contributed by atoms with van der Waals surface area (Å²) in [6.45, 7) is 3.49. The van der Waals surface area contributed by atoms with Crippen molar-refractivity contribution in [3.8, 4) is 5.75 Å². The molecule has 0 spiro atoms. The van der Waals surface area contributed by atoms with E-state index in [0.29, 0.717) is 33.4 Å². The maximum absolute atomic E-state index is 14.3. The fraction of sp³-hybridized carbons (Fsp3) is 0.200. The Labute approximate surface area is 153 Å². The molecule has 1 unspecified atom stereocenters. The van der Waals surface area contributed by atoms with Crippen molar-refractivity contribution in [2.45, 2.75) is 26.4 Å². The van der Waals surface area contributed by atoms with Crippen LogP contribution in [0.15, 0.2) is 39.5 Å². The normalized spacial score (nSPS) is 16.5. The molecular formula is C20H14ClFO4. The monoisotopic (exact) mass is 372 g/mol. The van der Waals surface area contributed by atoms with Crippen LogP contribution in [0.5, 0.6) is 5.75 Å². The van der Waals surface area contributed by atoms with Crippen LogP contribution in [0.25, 0.3) is 11.0 Å². The minimum atomic E-state index is -0.847. The highest BCUT2D eigenvalue weighted by atomic mass is 35.5. The Balaban J connectivity index is 1.98. The largest absolute Gasteiger partial charge is 0.484 e. The quantitative estimate of drug-likeness (QED) is 0.569. The van der Waals surface area contributed by atoms with Crippen molar-refractivity contribution in [1.82, 2.24) is 0 Å².